The summed E-state index contributed by atoms with van der Waals surface area (Å²) in [5, 5.41) is 5.95. The maximum Gasteiger partial charge on any atom is 0.254 e. The second kappa shape index (κ2) is 9.21. The fraction of sp³-hybridized carbons (Fsp3) is 0.550. The lowest BCUT2D eigenvalue weighted by Crippen LogP contribution is -2.37. The molecule has 2 aromatic heterocycles. The molecule has 1 aliphatic heterocycles. The summed E-state index contributed by atoms with van der Waals surface area (Å²) in [5.41, 5.74) is 1.51. The van der Waals surface area contributed by atoms with Crippen molar-refractivity contribution in [2.45, 2.75) is 32.2 Å². The first-order valence-electron chi connectivity index (χ1n) is 10.3. The molecular weight excluding hydrogens is 386 g/mol. The molecule has 30 heavy (non-hydrogen) atoms. The molecule has 4 rings (SSSR count). The Morgan fingerprint density at radius 2 is 2.00 bits per heavy atom. The summed E-state index contributed by atoms with van der Waals surface area (Å²) in [7, 11) is 0. The van der Waals surface area contributed by atoms with Gasteiger partial charge >= 0.3 is 0 Å². The van der Waals surface area contributed by atoms with Gasteiger partial charge in [-0.1, -0.05) is 0 Å². The van der Waals surface area contributed by atoms with E-state index in [1.54, 1.807) is 0 Å². The van der Waals surface area contributed by atoms with E-state index < -0.39 is 0 Å². The molecule has 1 saturated heterocycles. The van der Waals surface area contributed by atoms with Crippen molar-refractivity contribution in [3.05, 3.63) is 40.2 Å². The molecule has 1 saturated carbocycles. The van der Waals surface area contributed by atoms with E-state index in [0.717, 1.165) is 43.1 Å². The molecule has 2 aromatic rings. The second-order valence-corrected chi connectivity index (χ2v) is 7.62. The Morgan fingerprint density at radius 3 is 2.73 bits per heavy atom. The molecule has 0 unspecified atom stereocenters. The Balaban J connectivity index is 1.24. The van der Waals surface area contributed by atoms with E-state index in [2.05, 4.69) is 30.5 Å². The summed E-state index contributed by atoms with van der Waals surface area (Å²) in [5.74, 6) is 1.58. The van der Waals surface area contributed by atoms with Crippen LogP contribution in [-0.4, -0.2) is 64.8 Å². The van der Waals surface area contributed by atoms with Gasteiger partial charge in [-0.2, -0.15) is 4.98 Å². The highest BCUT2D eigenvalue weighted by atomic mass is 16.5. The number of morpholine rings is 1. The number of nitrogens with zero attached hydrogens (tertiary/aromatic N) is 5. The molecule has 1 amide bonds. The zero-order chi connectivity index (χ0) is 20.9. The van der Waals surface area contributed by atoms with Crippen molar-refractivity contribution >= 4 is 17.7 Å². The van der Waals surface area contributed by atoms with E-state index in [-0.39, 0.29) is 18.0 Å². The van der Waals surface area contributed by atoms with Crippen LogP contribution in [-0.2, 0) is 16.1 Å². The van der Waals surface area contributed by atoms with Gasteiger partial charge in [0.15, 0.2) is 0 Å². The molecule has 0 spiro atoms. The van der Waals surface area contributed by atoms with Gasteiger partial charge in [-0.05, 0) is 19.8 Å². The summed E-state index contributed by atoms with van der Waals surface area (Å²) in [4.78, 5) is 39.7. The summed E-state index contributed by atoms with van der Waals surface area (Å²) < 4.78 is 6.71. The summed E-state index contributed by atoms with van der Waals surface area (Å²) in [6.07, 6.45) is 3.63. The Labute approximate surface area is 174 Å². The topological polar surface area (TPSA) is 114 Å². The van der Waals surface area contributed by atoms with Gasteiger partial charge in [0.1, 0.15) is 12.4 Å². The minimum absolute atomic E-state index is 0.0428. The molecule has 0 atom stereocenters. The third-order valence-electron chi connectivity index (χ3n) is 5.12. The SMILES string of the molecule is Cc1cc(N2CCOCC2)nc(NCCNC(=O)Cn2cnc(C3CC3)cc2=O)n1. The first-order chi connectivity index (χ1) is 14.6. The van der Waals surface area contributed by atoms with Crippen LogP contribution in [0.25, 0.3) is 0 Å². The first kappa shape index (κ1) is 20.3. The van der Waals surface area contributed by atoms with E-state index in [9.17, 15) is 9.59 Å². The van der Waals surface area contributed by atoms with Gasteiger partial charge in [0.25, 0.3) is 5.56 Å². The molecule has 10 nitrogen and oxygen atoms in total. The van der Waals surface area contributed by atoms with Crippen molar-refractivity contribution in [3.8, 4) is 0 Å². The molecule has 3 heterocycles. The van der Waals surface area contributed by atoms with Gasteiger partial charge in [-0.15, -0.1) is 0 Å². The van der Waals surface area contributed by atoms with Crippen LogP contribution < -0.4 is 21.1 Å². The Bertz CT molecular complexity index is 952. The van der Waals surface area contributed by atoms with Gasteiger partial charge < -0.3 is 20.3 Å². The minimum atomic E-state index is -0.237. The van der Waals surface area contributed by atoms with E-state index >= 15 is 0 Å². The molecule has 2 aliphatic rings. The number of nitrogens with one attached hydrogen (secondary N) is 2. The van der Waals surface area contributed by atoms with Crippen LogP contribution in [0, 0.1) is 6.92 Å². The zero-order valence-corrected chi connectivity index (χ0v) is 17.1. The number of carbonyl (C=O) groups excluding carboxylic acids is 1. The molecule has 0 radical (unpaired) electrons. The molecule has 1 aliphatic carbocycles. The van der Waals surface area contributed by atoms with Gasteiger partial charge in [0.2, 0.25) is 11.9 Å². The number of anilines is 2. The molecule has 0 aromatic carbocycles. The van der Waals surface area contributed by atoms with Crippen LogP contribution in [0.15, 0.2) is 23.3 Å². The number of aryl methyl sites for hydroxylation is 1. The van der Waals surface area contributed by atoms with Crippen molar-refractivity contribution in [1.29, 1.82) is 0 Å². The molecular formula is C20H27N7O3. The average Bonchev–Trinajstić information content (AvgIpc) is 3.58. The summed E-state index contributed by atoms with van der Waals surface area (Å²) in [6, 6.07) is 3.49. The van der Waals surface area contributed by atoms with E-state index in [1.807, 2.05) is 13.0 Å². The van der Waals surface area contributed by atoms with Crippen molar-refractivity contribution < 1.29 is 9.53 Å². The molecule has 160 valence electrons. The van der Waals surface area contributed by atoms with Crippen LogP contribution >= 0.6 is 0 Å². The van der Waals surface area contributed by atoms with E-state index in [0.29, 0.717) is 38.2 Å². The van der Waals surface area contributed by atoms with Crippen molar-refractivity contribution in [2.75, 3.05) is 49.6 Å². The fourth-order valence-corrected chi connectivity index (χ4v) is 3.33. The number of hydrogen-bond acceptors (Lipinski definition) is 8. The van der Waals surface area contributed by atoms with Crippen LogP contribution in [0.3, 0.4) is 0 Å². The third-order valence-corrected chi connectivity index (χ3v) is 5.12. The largest absolute Gasteiger partial charge is 0.378 e. The standard InChI is InChI=1S/C20H27N7O3/c1-14-10-17(26-6-8-30-9-7-26)25-20(24-14)22-5-4-21-18(28)12-27-13-23-16(11-19(27)29)15-2-3-15/h10-11,13,15H,2-9,12H2,1H3,(H,21,28)(H,22,24,25). The van der Waals surface area contributed by atoms with Crippen LogP contribution in [0.4, 0.5) is 11.8 Å². The minimum Gasteiger partial charge on any atom is -0.378 e. The third kappa shape index (κ3) is 5.32. The maximum atomic E-state index is 12.1. The first-order valence-corrected chi connectivity index (χ1v) is 10.3. The van der Waals surface area contributed by atoms with Gasteiger partial charge in [0, 0.05) is 49.9 Å². The van der Waals surface area contributed by atoms with Crippen LogP contribution in [0.1, 0.15) is 30.1 Å². The van der Waals surface area contributed by atoms with E-state index in [4.69, 9.17) is 4.74 Å². The normalized spacial score (nSPS) is 16.4. The lowest BCUT2D eigenvalue weighted by atomic mass is 10.3. The van der Waals surface area contributed by atoms with Gasteiger partial charge in [-0.25, -0.2) is 9.97 Å². The maximum absolute atomic E-state index is 12.1. The van der Waals surface area contributed by atoms with Crippen molar-refractivity contribution in [1.82, 2.24) is 24.8 Å². The average molecular weight is 413 g/mol. The fourth-order valence-electron chi connectivity index (χ4n) is 3.33. The quantitative estimate of drug-likeness (QED) is 0.594. The van der Waals surface area contributed by atoms with E-state index in [1.165, 1.54) is 17.0 Å². The molecule has 2 N–H and O–H groups in total. The lowest BCUT2D eigenvalue weighted by molar-refractivity contribution is -0.121. The van der Waals surface area contributed by atoms with Crippen molar-refractivity contribution in [2.24, 2.45) is 0 Å². The summed E-state index contributed by atoms with van der Waals surface area (Å²) in [6.45, 7) is 5.76. The van der Waals surface area contributed by atoms with Crippen molar-refractivity contribution in [3.63, 3.8) is 0 Å². The Morgan fingerprint density at radius 1 is 1.20 bits per heavy atom. The number of aromatic nitrogens is 4. The lowest BCUT2D eigenvalue weighted by Gasteiger charge is -2.28. The monoisotopic (exact) mass is 413 g/mol. The predicted octanol–water partition coefficient (Wildman–Crippen LogP) is 0.284. The predicted molar refractivity (Wildman–Crippen MR) is 112 cm³/mol. The Kier molecular flexibility index (Phi) is 6.22. The zero-order valence-electron chi connectivity index (χ0n) is 17.1. The number of amides is 1. The second-order valence-electron chi connectivity index (χ2n) is 7.62. The smallest absolute Gasteiger partial charge is 0.254 e. The highest BCUT2D eigenvalue weighted by Crippen LogP contribution is 2.38. The van der Waals surface area contributed by atoms with Gasteiger partial charge in [-0.3, -0.25) is 14.2 Å². The molecule has 10 heteroatoms. The summed E-state index contributed by atoms with van der Waals surface area (Å²) >= 11 is 0. The van der Waals surface area contributed by atoms with Gasteiger partial charge in [0.05, 0.1) is 25.2 Å². The van der Waals surface area contributed by atoms with Crippen LogP contribution in [0.5, 0.6) is 0 Å². The highest BCUT2D eigenvalue weighted by molar-refractivity contribution is 5.75. The number of ether oxygens (including phenoxy) is 1. The Hall–Kier alpha value is -3.01. The number of rotatable bonds is 8. The molecule has 2 fully saturated rings. The number of carbonyl (C=O) groups is 1. The number of hydrogen-bond donors (Lipinski definition) is 2. The highest BCUT2D eigenvalue weighted by Gasteiger charge is 2.25. The molecule has 0 bridgehead atoms. The van der Waals surface area contributed by atoms with Crippen LogP contribution in [0.2, 0.25) is 0 Å².